The molecule has 21 heavy (non-hydrogen) atoms. The summed E-state index contributed by atoms with van der Waals surface area (Å²) in [4.78, 5) is 29.3. The number of aliphatic carboxylic acids is 1. The fourth-order valence-corrected chi connectivity index (χ4v) is 2.66. The van der Waals surface area contributed by atoms with E-state index >= 15 is 0 Å². The van der Waals surface area contributed by atoms with Crippen LogP contribution in [0.4, 0.5) is 0 Å². The van der Waals surface area contributed by atoms with E-state index in [2.05, 4.69) is 4.98 Å². The van der Waals surface area contributed by atoms with E-state index < -0.39 is 5.97 Å². The molecule has 7 heteroatoms. The van der Waals surface area contributed by atoms with Crippen LogP contribution in [-0.2, 0) is 4.79 Å². The largest absolute Gasteiger partial charge is 0.480 e. The van der Waals surface area contributed by atoms with Crippen LogP contribution in [0.5, 0.6) is 0 Å². The number of hydrogen-bond donors (Lipinski definition) is 1. The fourth-order valence-electron chi connectivity index (χ4n) is 1.82. The summed E-state index contributed by atoms with van der Waals surface area (Å²) in [5.41, 5.74) is 0. The molecular weight excluding hydrogens is 292 g/mol. The van der Waals surface area contributed by atoms with E-state index in [1.807, 2.05) is 13.8 Å². The summed E-state index contributed by atoms with van der Waals surface area (Å²) in [7, 11) is 0. The molecule has 2 rings (SSSR count). The second-order valence-corrected chi connectivity index (χ2v) is 5.62. The number of rotatable bonds is 6. The second-order valence-electron chi connectivity index (χ2n) is 4.59. The van der Waals surface area contributed by atoms with Crippen molar-refractivity contribution < 1.29 is 19.1 Å². The van der Waals surface area contributed by atoms with Crippen LogP contribution in [0.3, 0.4) is 0 Å². The van der Waals surface area contributed by atoms with Crippen molar-refractivity contribution in [2.45, 2.75) is 26.3 Å². The molecular formula is C14H16N2O4S. The van der Waals surface area contributed by atoms with Gasteiger partial charge in [0.05, 0.1) is 12.5 Å². The molecule has 2 heterocycles. The van der Waals surface area contributed by atoms with E-state index in [1.165, 1.54) is 28.7 Å². The molecule has 1 N–H and O–H groups in total. The van der Waals surface area contributed by atoms with E-state index in [0.717, 1.165) is 0 Å². The number of carboxylic acid groups (broad SMARTS) is 1. The monoisotopic (exact) mass is 308 g/mol. The molecule has 0 aliphatic rings. The van der Waals surface area contributed by atoms with E-state index in [1.54, 1.807) is 12.1 Å². The van der Waals surface area contributed by atoms with Crippen LogP contribution in [0.1, 0.15) is 29.9 Å². The van der Waals surface area contributed by atoms with Crippen LogP contribution in [0.15, 0.2) is 29.0 Å². The Labute approximate surface area is 126 Å². The van der Waals surface area contributed by atoms with Gasteiger partial charge in [-0.05, 0) is 25.5 Å². The smallest absolute Gasteiger partial charge is 0.323 e. The summed E-state index contributed by atoms with van der Waals surface area (Å²) in [6, 6.07) is 3.35. The van der Waals surface area contributed by atoms with Crippen LogP contribution in [0, 0.1) is 0 Å². The van der Waals surface area contributed by atoms with Crippen LogP contribution in [0.25, 0.3) is 10.8 Å². The van der Waals surface area contributed by atoms with Crippen LogP contribution in [-0.4, -0.2) is 39.5 Å². The molecule has 0 aliphatic carbocycles. The van der Waals surface area contributed by atoms with Gasteiger partial charge < -0.3 is 14.4 Å². The number of thiazole rings is 1. The van der Waals surface area contributed by atoms with Gasteiger partial charge >= 0.3 is 5.97 Å². The minimum absolute atomic E-state index is 0.150. The molecule has 2 aromatic rings. The third-order valence-electron chi connectivity index (χ3n) is 3.14. The highest BCUT2D eigenvalue weighted by Crippen LogP contribution is 2.26. The first-order valence-electron chi connectivity index (χ1n) is 6.55. The van der Waals surface area contributed by atoms with Crippen LogP contribution < -0.4 is 0 Å². The summed E-state index contributed by atoms with van der Waals surface area (Å²) >= 11 is 1.19. The maximum absolute atomic E-state index is 12.5. The summed E-state index contributed by atoms with van der Waals surface area (Å²) in [5, 5.41) is 9.56. The number of furan rings is 1. The molecule has 6 nitrogen and oxygen atoms in total. The molecule has 0 aliphatic heterocycles. The predicted molar refractivity (Wildman–Crippen MR) is 78.2 cm³/mol. The van der Waals surface area contributed by atoms with E-state index in [0.29, 0.717) is 22.1 Å². The van der Waals surface area contributed by atoms with Gasteiger partial charge in [-0.3, -0.25) is 9.59 Å². The van der Waals surface area contributed by atoms with Crippen molar-refractivity contribution in [2.24, 2.45) is 0 Å². The molecule has 1 unspecified atom stereocenters. The fraction of sp³-hybridized carbons (Fsp3) is 0.357. The third kappa shape index (κ3) is 3.49. The molecule has 0 saturated carbocycles. The number of hydrogen-bond acceptors (Lipinski definition) is 5. The topological polar surface area (TPSA) is 83.6 Å². The van der Waals surface area contributed by atoms with Gasteiger partial charge in [0.25, 0.3) is 5.91 Å². The van der Waals surface area contributed by atoms with Gasteiger partial charge in [0, 0.05) is 6.04 Å². The first-order chi connectivity index (χ1) is 10.0. The molecule has 112 valence electrons. The molecule has 1 atom stereocenters. The van der Waals surface area contributed by atoms with E-state index in [-0.39, 0.29) is 18.5 Å². The van der Waals surface area contributed by atoms with Crippen LogP contribution in [0.2, 0.25) is 0 Å². The van der Waals surface area contributed by atoms with Crippen molar-refractivity contribution >= 4 is 23.2 Å². The highest BCUT2D eigenvalue weighted by Gasteiger charge is 2.25. The highest BCUT2D eigenvalue weighted by molar-refractivity contribution is 7.16. The van der Waals surface area contributed by atoms with Crippen molar-refractivity contribution in [3.63, 3.8) is 0 Å². The van der Waals surface area contributed by atoms with Gasteiger partial charge in [-0.15, -0.1) is 11.3 Å². The summed E-state index contributed by atoms with van der Waals surface area (Å²) in [5.74, 6) is -0.756. The minimum atomic E-state index is -1.03. The minimum Gasteiger partial charge on any atom is -0.480 e. The number of aromatic nitrogens is 1. The predicted octanol–water partition coefficient (Wildman–Crippen LogP) is 2.73. The van der Waals surface area contributed by atoms with Crippen molar-refractivity contribution in [2.75, 3.05) is 6.54 Å². The number of amides is 1. The lowest BCUT2D eigenvalue weighted by Crippen LogP contribution is -2.41. The highest BCUT2D eigenvalue weighted by atomic mass is 32.1. The zero-order valence-electron chi connectivity index (χ0n) is 11.8. The van der Waals surface area contributed by atoms with Gasteiger partial charge in [0.15, 0.2) is 10.8 Å². The van der Waals surface area contributed by atoms with E-state index in [9.17, 15) is 9.59 Å². The van der Waals surface area contributed by atoms with E-state index in [4.69, 9.17) is 9.52 Å². The van der Waals surface area contributed by atoms with Crippen molar-refractivity contribution in [1.82, 2.24) is 9.88 Å². The lowest BCUT2D eigenvalue weighted by molar-refractivity contribution is -0.138. The molecule has 0 saturated heterocycles. The SMILES string of the molecule is CCC(C)N(CC(=O)O)C(=O)c1cnc(-c2ccco2)s1. The average molecular weight is 308 g/mol. The first kappa shape index (κ1) is 15.2. The molecule has 1 amide bonds. The lowest BCUT2D eigenvalue weighted by atomic mass is 10.2. The Balaban J connectivity index is 2.22. The Morgan fingerprint density at radius 3 is 2.86 bits per heavy atom. The third-order valence-corrected chi connectivity index (χ3v) is 4.14. The van der Waals surface area contributed by atoms with Gasteiger partial charge in [-0.2, -0.15) is 0 Å². The van der Waals surface area contributed by atoms with Crippen molar-refractivity contribution in [3.05, 3.63) is 29.5 Å². The standard InChI is InChI=1S/C14H16N2O4S/c1-3-9(2)16(8-12(17)18)14(19)11-7-15-13(21-11)10-5-4-6-20-10/h4-7,9H,3,8H2,1-2H3,(H,17,18). The summed E-state index contributed by atoms with van der Waals surface area (Å²) in [6.07, 6.45) is 3.68. The number of carboxylic acids is 1. The first-order valence-corrected chi connectivity index (χ1v) is 7.37. The number of carbonyl (C=O) groups is 2. The van der Waals surface area contributed by atoms with Gasteiger partial charge in [-0.25, -0.2) is 4.98 Å². The zero-order chi connectivity index (χ0) is 15.4. The number of nitrogens with zero attached hydrogens (tertiary/aromatic N) is 2. The Kier molecular flexibility index (Phi) is 4.74. The van der Waals surface area contributed by atoms with Crippen molar-refractivity contribution in [1.29, 1.82) is 0 Å². The zero-order valence-corrected chi connectivity index (χ0v) is 12.6. The normalized spacial score (nSPS) is 12.1. The maximum atomic E-state index is 12.5. The quantitative estimate of drug-likeness (QED) is 0.887. The molecule has 0 bridgehead atoms. The Bertz CT molecular complexity index is 621. The Morgan fingerprint density at radius 2 is 2.29 bits per heavy atom. The van der Waals surface area contributed by atoms with Gasteiger partial charge in [-0.1, -0.05) is 6.92 Å². The molecule has 0 aromatic carbocycles. The van der Waals surface area contributed by atoms with Crippen LogP contribution >= 0.6 is 11.3 Å². The van der Waals surface area contributed by atoms with Crippen molar-refractivity contribution in [3.8, 4) is 10.8 Å². The summed E-state index contributed by atoms with van der Waals surface area (Å²) < 4.78 is 5.24. The molecule has 0 fully saturated rings. The molecule has 2 aromatic heterocycles. The Morgan fingerprint density at radius 1 is 1.52 bits per heavy atom. The Hall–Kier alpha value is -2.15. The lowest BCUT2D eigenvalue weighted by Gasteiger charge is -2.26. The van der Waals surface area contributed by atoms with Gasteiger partial charge in [0.1, 0.15) is 11.4 Å². The maximum Gasteiger partial charge on any atom is 0.323 e. The second kappa shape index (κ2) is 6.53. The summed E-state index contributed by atoms with van der Waals surface area (Å²) in [6.45, 7) is 3.42. The molecule has 0 spiro atoms. The average Bonchev–Trinajstić information content (AvgIpc) is 3.12. The number of carbonyl (C=O) groups excluding carboxylic acids is 1. The van der Waals surface area contributed by atoms with Gasteiger partial charge in [0.2, 0.25) is 0 Å². The molecule has 0 radical (unpaired) electrons.